The zero-order chi connectivity index (χ0) is 31.5. The number of hydrogen-bond acceptors (Lipinski definition) is 4. The fourth-order valence-electron chi connectivity index (χ4n) is 3.55. The first-order chi connectivity index (χ1) is 19.3. The highest BCUT2D eigenvalue weighted by molar-refractivity contribution is 5.42. The third-order valence-electron chi connectivity index (χ3n) is 5.57. The molecule has 0 aliphatic rings. The van der Waals surface area contributed by atoms with Gasteiger partial charge in [-0.05, 0) is 41.5 Å². The molecule has 2 atom stereocenters. The van der Waals surface area contributed by atoms with Crippen LogP contribution in [0.5, 0.6) is 17.2 Å². The van der Waals surface area contributed by atoms with Crippen molar-refractivity contribution in [2.75, 3.05) is 6.54 Å². The minimum atomic E-state index is -5.98. The van der Waals surface area contributed by atoms with Gasteiger partial charge in [0.15, 0.2) is 6.10 Å². The standard InChI is InChI=1S/C26H19F12NO3/c27-22(28)25(34,35)42-19-9-3-8-18(12-19)41-17-7-2-5-15(11-17)21(39-13-20(40)24(31,32)33)14-4-1-6-16(10-14)23(29,30)26(36,37)38/h1-12,20-22,39-40H,13H2/t20-,21?/m1/s1. The highest BCUT2D eigenvalue weighted by atomic mass is 19.4. The van der Waals surface area contributed by atoms with Gasteiger partial charge in [0.25, 0.3) is 0 Å². The summed E-state index contributed by atoms with van der Waals surface area (Å²) >= 11 is 0. The van der Waals surface area contributed by atoms with Crippen LogP contribution in [0.1, 0.15) is 22.7 Å². The maximum atomic E-state index is 14.0. The van der Waals surface area contributed by atoms with E-state index in [0.717, 1.165) is 36.4 Å². The van der Waals surface area contributed by atoms with Crippen LogP contribution in [-0.2, 0) is 5.92 Å². The number of halogens is 12. The monoisotopic (exact) mass is 621 g/mol. The van der Waals surface area contributed by atoms with Crippen LogP contribution in [0.3, 0.4) is 0 Å². The normalized spacial score (nSPS) is 14.5. The van der Waals surface area contributed by atoms with E-state index in [0.29, 0.717) is 12.1 Å². The Balaban J connectivity index is 1.97. The van der Waals surface area contributed by atoms with E-state index in [9.17, 15) is 57.8 Å². The van der Waals surface area contributed by atoms with Crippen molar-refractivity contribution in [1.82, 2.24) is 5.32 Å². The van der Waals surface area contributed by atoms with E-state index >= 15 is 0 Å². The van der Waals surface area contributed by atoms with Crippen molar-refractivity contribution in [3.8, 4) is 17.2 Å². The number of aliphatic hydroxyl groups is 1. The lowest BCUT2D eigenvalue weighted by atomic mass is 9.95. The molecule has 3 rings (SSSR count). The Kier molecular flexibility index (Phi) is 9.61. The molecule has 3 aromatic rings. The summed E-state index contributed by atoms with van der Waals surface area (Å²) in [5.41, 5.74) is -1.88. The average molecular weight is 621 g/mol. The Morgan fingerprint density at radius 3 is 1.79 bits per heavy atom. The molecule has 3 aromatic carbocycles. The van der Waals surface area contributed by atoms with Gasteiger partial charge in [0.05, 0.1) is 6.04 Å². The van der Waals surface area contributed by atoms with Gasteiger partial charge in [0, 0.05) is 18.2 Å². The SMILES string of the molecule is O[C@H](CNC(c1cccc(Oc2cccc(OC(F)(F)C(F)F)c2)c1)c1cccc(C(F)(F)C(F)(F)F)c1)C(F)(F)F. The molecule has 0 amide bonds. The highest BCUT2D eigenvalue weighted by Gasteiger charge is 2.58. The molecule has 0 fully saturated rings. The van der Waals surface area contributed by atoms with E-state index in [1.165, 1.54) is 24.3 Å². The molecular formula is C26H19F12NO3. The highest BCUT2D eigenvalue weighted by Crippen LogP contribution is 2.44. The Labute approximate surface area is 229 Å². The third-order valence-corrected chi connectivity index (χ3v) is 5.57. The molecular weight excluding hydrogens is 602 g/mol. The maximum absolute atomic E-state index is 14.0. The largest absolute Gasteiger partial charge is 0.461 e. The van der Waals surface area contributed by atoms with Crippen molar-refractivity contribution in [2.45, 2.75) is 43.0 Å². The van der Waals surface area contributed by atoms with Gasteiger partial charge in [0.1, 0.15) is 17.2 Å². The molecule has 0 aliphatic carbocycles. The van der Waals surface area contributed by atoms with Gasteiger partial charge in [-0.1, -0.05) is 36.4 Å². The Morgan fingerprint density at radius 1 is 0.690 bits per heavy atom. The smallest absolute Gasteiger partial charge is 0.457 e. The zero-order valence-corrected chi connectivity index (χ0v) is 20.7. The number of nitrogens with one attached hydrogen (secondary N) is 1. The summed E-state index contributed by atoms with van der Waals surface area (Å²) in [6, 6.07) is 10.3. The van der Waals surface area contributed by atoms with Gasteiger partial charge in [-0.25, -0.2) is 0 Å². The predicted octanol–water partition coefficient (Wildman–Crippen LogP) is 7.97. The summed E-state index contributed by atoms with van der Waals surface area (Å²) in [5, 5.41) is 11.7. The van der Waals surface area contributed by atoms with Crippen LogP contribution in [0, 0.1) is 0 Å². The van der Waals surface area contributed by atoms with Gasteiger partial charge in [-0.2, -0.15) is 52.7 Å². The number of hydrogen-bond donors (Lipinski definition) is 2. The Morgan fingerprint density at radius 2 is 1.21 bits per heavy atom. The summed E-state index contributed by atoms with van der Waals surface area (Å²) < 4.78 is 166. The van der Waals surface area contributed by atoms with Crippen molar-refractivity contribution >= 4 is 0 Å². The summed E-state index contributed by atoms with van der Waals surface area (Å²) in [5.74, 6) is -6.38. The van der Waals surface area contributed by atoms with E-state index in [-0.39, 0.29) is 22.6 Å². The molecule has 0 aliphatic heterocycles. The number of benzene rings is 3. The number of rotatable bonds is 11. The van der Waals surface area contributed by atoms with Crippen molar-refractivity contribution in [3.05, 3.63) is 89.5 Å². The van der Waals surface area contributed by atoms with Crippen LogP contribution >= 0.6 is 0 Å². The molecule has 42 heavy (non-hydrogen) atoms. The Hall–Kier alpha value is -3.66. The lowest BCUT2D eigenvalue weighted by Crippen LogP contribution is -2.40. The molecule has 2 N–H and O–H groups in total. The quantitative estimate of drug-likeness (QED) is 0.213. The van der Waals surface area contributed by atoms with Crippen LogP contribution in [0.4, 0.5) is 52.7 Å². The second-order valence-corrected chi connectivity index (χ2v) is 8.71. The van der Waals surface area contributed by atoms with Crippen LogP contribution in [0.2, 0.25) is 0 Å². The molecule has 0 saturated carbocycles. The van der Waals surface area contributed by atoms with Gasteiger partial charge >= 0.3 is 30.8 Å². The molecule has 1 unspecified atom stereocenters. The summed E-state index contributed by atoms with van der Waals surface area (Å²) in [7, 11) is 0. The lowest BCUT2D eigenvalue weighted by molar-refractivity contribution is -0.289. The third kappa shape index (κ3) is 8.00. The fourth-order valence-corrected chi connectivity index (χ4v) is 3.55. The van der Waals surface area contributed by atoms with Crippen LogP contribution in [-0.4, -0.2) is 42.6 Å². The lowest BCUT2D eigenvalue weighted by Gasteiger charge is -2.25. The van der Waals surface area contributed by atoms with Gasteiger partial charge in [-0.15, -0.1) is 0 Å². The molecule has 0 saturated heterocycles. The first kappa shape index (κ1) is 32.8. The van der Waals surface area contributed by atoms with Crippen molar-refractivity contribution < 1.29 is 67.3 Å². The molecule has 4 nitrogen and oxygen atoms in total. The molecule has 0 heterocycles. The van der Waals surface area contributed by atoms with E-state index in [1.807, 2.05) is 0 Å². The van der Waals surface area contributed by atoms with Crippen molar-refractivity contribution in [2.24, 2.45) is 0 Å². The number of ether oxygens (including phenoxy) is 2. The first-order valence-corrected chi connectivity index (χ1v) is 11.6. The van der Waals surface area contributed by atoms with Gasteiger partial charge in [-0.3, -0.25) is 0 Å². The second-order valence-electron chi connectivity index (χ2n) is 8.71. The van der Waals surface area contributed by atoms with E-state index in [2.05, 4.69) is 10.1 Å². The molecule has 230 valence electrons. The van der Waals surface area contributed by atoms with E-state index < -0.39 is 60.8 Å². The molecule has 0 spiro atoms. The minimum Gasteiger partial charge on any atom is -0.457 e. The fraction of sp³-hybridized carbons (Fsp3) is 0.308. The van der Waals surface area contributed by atoms with Crippen LogP contribution in [0.15, 0.2) is 72.8 Å². The van der Waals surface area contributed by atoms with Gasteiger partial charge in [0.2, 0.25) is 0 Å². The molecule has 16 heteroatoms. The van der Waals surface area contributed by atoms with Crippen molar-refractivity contribution in [1.29, 1.82) is 0 Å². The van der Waals surface area contributed by atoms with Gasteiger partial charge < -0.3 is 19.9 Å². The van der Waals surface area contributed by atoms with Crippen LogP contribution < -0.4 is 14.8 Å². The topological polar surface area (TPSA) is 50.7 Å². The van der Waals surface area contributed by atoms with Crippen LogP contribution in [0.25, 0.3) is 0 Å². The molecule has 0 bridgehead atoms. The van der Waals surface area contributed by atoms with E-state index in [4.69, 9.17) is 4.74 Å². The molecule has 0 radical (unpaired) electrons. The number of aliphatic hydroxyl groups excluding tert-OH is 1. The Bertz CT molecular complexity index is 1340. The predicted molar refractivity (Wildman–Crippen MR) is 123 cm³/mol. The minimum absolute atomic E-state index is 0.0361. The first-order valence-electron chi connectivity index (χ1n) is 11.6. The maximum Gasteiger partial charge on any atom is 0.461 e. The summed E-state index contributed by atoms with van der Waals surface area (Å²) in [4.78, 5) is 0. The average Bonchev–Trinajstić information content (AvgIpc) is 2.88. The summed E-state index contributed by atoms with van der Waals surface area (Å²) in [6.07, 6.45) is -23.0. The second kappa shape index (κ2) is 12.3. The zero-order valence-electron chi connectivity index (χ0n) is 20.7. The van der Waals surface area contributed by atoms with Crippen molar-refractivity contribution in [3.63, 3.8) is 0 Å². The van der Waals surface area contributed by atoms with E-state index in [1.54, 1.807) is 0 Å². The molecule has 0 aromatic heterocycles. The number of alkyl halides is 12. The summed E-state index contributed by atoms with van der Waals surface area (Å²) in [6.45, 7) is -1.20.